The quantitative estimate of drug-likeness (QED) is 0.607. The van der Waals surface area contributed by atoms with Crippen molar-refractivity contribution in [3.05, 3.63) is 65.7 Å². The Balaban J connectivity index is 1.72. The van der Waals surface area contributed by atoms with Gasteiger partial charge in [0.05, 0.1) is 6.10 Å². The minimum absolute atomic E-state index is 0.0155. The van der Waals surface area contributed by atoms with Crippen molar-refractivity contribution in [2.45, 2.75) is 11.0 Å². The van der Waals surface area contributed by atoms with E-state index in [0.29, 0.717) is 6.54 Å². The Morgan fingerprint density at radius 3 is 2.62 bits per heavy atom. The number of benzene rings is 2. The van der Waals surface area contributed by atoms with E-state index in [9.17, 15) is 13.9 Å². The fourth-order valence-electron chi connectivity index (χ4n) is 1.88. The second-order valence-corrected chi connectivity index (χ2v) is 5.72. The Kier molecular flexibility index (Phi) is 6.17. The Labute approximate surface area is 127 Å². The minimum Gasteiger partial charge on any atom is -0.387 e. The minimum atomic E-state index is -1.05. The van der Waals surface area contributed by atoms with Gasteiger partial charge in [-0.25, -0.2) is 8.78 Å². The molecule has 2 aromatic rings. The van der Waals surface area contributed by atoms with Crippen molar-refractivity contribution in [1.82, 2.24) is 5.32 Å². The van der Waals surface area contributed by atoms with Gasteiger partial charge in [0.2, 0.25) is 0 Å². The van der Waals surface area contributed by atoms with Gasteiger partial charge in [0.1, 0.15) is 11.6 Å². The third-order valence-electron chi connectivity index (χ3n) is 2.95. The lowest BCUT2D eigenvalue weighted by Gasteiger charge is -2.13. The third kappa shape index (κ3) is 5.12. The van der Waals surface area contributed by atoms with Crippen LogP contribution in [0, 0.1) is 11.6 Å². The first kappa shape index (κ1) is 15.9. The summed E-state index contributed by atoms with van der Waals surface area (Å²) in [6.07, 6.45) is -1.05. The fourth-order valence-corrected chi connectivity index (χ4v) is 2.71. The summed E-state index contributed by atoms with van der Waals surface area (Å²) < 4.78 is 26.5. The van der Waals surface area contributed by atoms with Crippen LogP contribution in [0.4, 0.5) is 8.78 Å². The number of aliphatic hydroxyl groups excluding tert-OH is 1. The van der Waals surface area contributed by atoms with Crippen LogP contribution in [0.3, 0.4) is 0 Å². The van der Waals surface area contributed by atoms with Gasteiger partial charge in [-0.05, 0) is 30.3 Å². The van der Waals surface area contributed by atoms with Crippen LogP contribution >= 0.6 is 11.8 Å². The maximum Gasteiger partial charge on any atom is 0.129 e. The lowest BCUT2D eigenvalue weighted by Crippen LogP contribution is -2.24. The van der Waals surface area contributed by atoms with Crippen molar-refractivity contribution in [2.24, 2.45) is 0 Å². The van der Waals surface area contributed by atoms with Crippen molar-refractivity contribution in [3.8, 4) is 0 Å². The van der Waals surface area contributed by atoms with Crippen LogP contribution in [0.5, 0.6) is 0 Å². The van der Waals surface area contributed by atoms with Crippen molar-refractivity contribution < 1.29 is 13.9 Å². The van der Waals surface area contributed by atoms with E-state index in [1.165, 1.54) is 4.90 Å². The molecular weight excluding hydrogens is 292 g/mol. The number of halogens is 2. The summed E-state index contributed by atoms with van der Waals surface area (Å²) in [6, 6.07) is 13.1. The number of hydrogen-bond acceptors (Lipinski definition) is 3. The van der Waals surface area contributed by atoms with Crippen LogP contribution < -0.4 is 5.32 Å². The molecule has 0 aliphatic rings. The van der Waals surface area contributed by atoms with Crippen LogP contribution in [-0.2, 0) is 0 Å². The number of rotatable bonds is 7. The Morgan fingerprint density at radius 1 is 1.10 bits per heavy atom. The van der Waals surface area contributed by atoms with Crippen molar-refractivity contribution in [1.29, 1.82) is 0 Å². The lowest BCUT2D eigenvalue weighted by molar-refractivity contribution is 0.170. The van der Waals surface area contributed by atoms with E-state index in [1.54, 1.807) is 11.8 Å². The maximum absolute atomic E-state index is 13.5. The molecule has 1 atom stereocenters. The molecule has 0 fully saturated rings. The van der Waals surface area contributed by atoms with Crippen molar-refractivity contribution in [2.75, 3.05) is 18.8 Å². The Hall–Kier alpha value is -1.43. The van der Waals surface area contributed by atoms with E-state index in [1.807, 2.05) is 30.3 Å². The highest BCUT2D eigenvalue weighted by Gasteiger charge is 2.13. The molecule has 2 aromatic carbocycles. The Morgan fingerprint density at radius 2 is 1.86 bits per heavy atom. The molecule has 0 aliphatic heterocycles. The maximum atomic E-state index is 13.5. The summed E-state index contributed by atoms with van der Waals surface area (Å²) in [5.41, 5.74) is -0.0155. The average Bonchev–Trinajstić information content (AvgIpc) is 2.50. The topological polar surface area (TPSA) is 32.3 Å². The van der Waals surface area contributed by atoms with Crippen molar-refractivity contribution >= 4 is 11.8 Å². The molecule has 21 heavy (non-hydrogen) atoms. The van der Waals surface area contributed by atoms with Gasteiger partial charge >= 0.3 is 0 Å². The molecule has 0 spiro atoms. The smallest absolute Gasteiger partial charge is 0.129 e. The van der Waals surface area contributed by atoms with Gasteiger partial charge in [0, 0.05) is 29.3 Å². The van der Waals surface area contributed by atoms with Crippen LogP contribution in [0.15, 0.2) is 53.4 Å². The van der Waals surface area contributed by atoms with E-state index in [2.05, 4.69) is 5.32 Å². The summed E-state index contributed by atoms with van der Waals surface area (Å²) in [6.45, 7) is 0.864. The zero-order chi connectivity index (χ0) is 15.1. The number of aliphatic hydroxyl groups is 1. The summed E-state index contributed by atoms with van der Waals surface area (Å²) in [5, 5.41) is 12.9. The molecule has 5 heteroatoms. The largest absolute Gasteiger partial charge is 0.387 e. The highest BCUT2D eigenvalue weighted by Crippen LogP contribution is 2.18. The predicted molar refractivity (Wildman–Crippen MR) is 81.4 cm³/mol. The molecule has 0 aromatic heterocycles. The number of hydrogen-bond donors (Lipinski definition) is 2. The molecule has 0 saturated heterocycles. The van der Waals surface area contributed by atoms with E-state index >= 15 is 0 Å². The molecular formula is C16H17F2NOS. The zero-order valence-corrected chi connectivity index (χ0v) is 12.2. The van der Waals surface area contributed by atoms with Crippen molar-refractivity contribution in [3.63, 3.8) is 0 Å². The van der Waals surface area contributed by atoms with Crippen LogP contribution in [-0.4, -0.2) is 23.9 Å². The summed E-state index contributed by atoms with van der Waals surface area (Å²) in [5.74, 6) is -0.308. The van der Waals surface area contributed by atoms with Gasteiger partial charge in [0.15, 0.2) is 0 Å². The molecule has 0 aliphatic carbocycles. The normalized spacial score (nSPS) is 12.3. The standard InChI is InChI=1S/C16H17F2NOS/c17-12-6-7-15(18)14(10-12)16(20)11-19-8-9-21-13-4-2-1-3-5-13/h1-7,10,16,19-20H,8-9,11H2. The molecule has 0 radical (unpaired) electrons. The van der Waals surface area contributed by atoms with Gasteiger partial charge < -0.3 is 10.4 Å². The van der Waals surface area contributed by atoms with Gasteiger partial charge in [-0.2, -0.15) is 0 Å². The Bertz CT molecular complexity index is 565. The first-order valence-corrected chi connectivity index (χ1v) is 7.67. The molecule has 2 rings (SSSR count). The molecule has 112 valence electrons. The average molecular weight is 309 g/mol. The van der Waals surface area contributed by atoms with E-state index < -0.39 is 17.7 Å². The van der Waals surface area contributed by atoms with Gasteiger partial charge in [-0.15, -0.1) is 11.8 Å². The molecule has 1 unspecified atom stereocenters. The second-order valence-electron chi connectivity index (χ2n) is 4.55. The first-order valence-electron chi connectivity index (χ1n) is 6.68. The van der Waals surface area contributed by atoms with Crippen LogP contribution in [0.1, 0.15) is 11.7 Å². The molecule has 2 nitrogen and oxygen atoms in total. The monoisotopic (exact) mass is 309 g/mol. The fraction of sp³-hybridized carbons (Fsp3) is 0.250. The SMILES string of the molecule is OC(CNCCSc1ccccc1)c1cc(F)ccc1F. The third-order valence-corrected chi connectivity index (χ3v) is 3.96. The number of nitrogens with one attached hydrogen (secondary N) is 1. The summed E-state index contributed by atoms with van der Waals surface area (Å²) >= 11 is 1.70. The highest BCUT2D eigenvalue weighted by molar-refractivity contribution is 7.99. The first-order chi connectivity index (χ1) is 10.2. The van der Waals surface area contributed by atoms with Crippen LogP contribution in [0.25, 0.3) is 0 Å². The zero-order valence-electron chi connectivity index (χ0n) is 11.4. The number of thioether (sulfide) groups is 1. The molecule has 0 bridgehead atoms. The van der Waals surface area contributed by atoms with Crippen LogP contribution in [0.2, 0.25) is 0 Å². The predicted octanol–water partition coefficient (Wildman–Crippen LogP) is 3.38. The highest BCUT2D eigenvalue weighted by atomic mass is 32.2. The van der Waals surface area contributed by atoms with E-state index in [4.69, 9.17) is 0 Å². The molecule has 0 saturated carbocycles. The van der Waals surface area contributed by atoms with E-state index in [-0.39, 0.29) is 12.1 Å². The molecule has 0 heterocycles. The molecule has 0 amide bonds. The second kappa shape index (κ2) is 8.12. The molecule has 2 N–H and O–H groups in total. The van der Waals surface area contributed by atoms with Gasteiger partial charge in [-0.1, -0.05) is 18.2 Å². The van der Waals surface area contributed by atoms with Gasteiger partial charge in [0.25, 0.3) is 0 Å². The van der Waals surface area contributed by atoms with E-state index in [0.717, 1.165) is 24.0 Å². The van der Waals surface area contributed by atoms with Gasteiger partial charge in [-0.3, -0.25) is 0 Å². The lowest BCUT2D eigenvalue weighted by atomic mass is 10.1. The summed E-state index contributed by atoms with van der Waals surface area (Å²) in [7, 11) is 0. The summed E-state index contributed by atoms with van der Waals surface area (Å²) in [4.78, 5) is 1.18.